The first kappa shape index (κ1) is 24.2. The van der Waals surface area contributed by atoms with Crippen LogP contribution in [0.2, 0.25) is 5.02 Å². The number of carbonyl (C=O) groups is 2. The average Bonchev–Trinajstić information content (AvgIpc) is 3.42. The van der Waals surface area contributed by atoms with E-state index < -0.39 is 17.1 Å². The molecule has 0 spiro atoms. The molecule has 0 radical (unpaired) electrons. The van der Waals surface area contributed by atoms with Crippen molar-refractivity contribution in [3.05, 3.63) is 79.2 Å². The average molecular weight is 513 g/mol. The molecule has 1 N–H and O–H groups in total. The number of amides is 2. The van der Waals surface area contributed by atoms with Crippen molar-refractivity contribution in [2.75, 3.05) is 26.2 Å². The number of rotatable bonds is 4. The third-order valence-corrected chi connectivity index (χ3v) is 7.40. The van der Waals surface area contributed by atoms with Crippen molar-refractivity contribution in [3.63, 3.8) is 0 Å². The van der Waals surface area contributed by atoms with E-state index in [0.717, 1.165) is 25.7 Å². The summed E-state index contributed by atoms with van der Waals surface area (Å²) >= 11 is 5.99. The van der Waals surface area contributed by atoms with Gasteiger partial charge in [0, 0.05) is 48.2 Å². The number of aromatic amines is 1. The van der Waals surface area contributed by atoms with E-state index in [2.05, 4.69) is 4.98 Å². The third kappa shape index (κ3) is 4.67. The molecule has 5 rings (SSSR count). The van der Waals surface area contributed by atoms with Crippen molar-refractivity contribution < 1.29 is 14.0 Å². The Balaban J connectivity index is 1.35. The first-order valence-electron chi connectivity index (χ1n) is 12.1. The van der Waals surface area contributed by atoms with Gasteiger partial charge in [0.05, 0.1) is 17.4 Å². The van der Waals surface area contributed by atoms with Crippen molar-refractivity contribution in [2.45, 2.75) is 32.2 Å². The fourth-order valence-corrected chi connectivity index (χ4v) is 5.34. The van der Waals surface area contributed by atoms with Gasteiger partial charge in [0.2, 0.25) is 5.91 Å². The molecule has 1 saturated carbocycles. The number of aromatic nitrogens is 2. The van der Waals surface area contributed by atoms with Crippen LogP contribution in [0, 0.1) is 11.7 Å². The fraction of sp³-hybridized carbons (Fsp3) is 0.385. The summed E-state index contributed by atoms with van der Waals surface area (Å²) in [4.78, 5) is 56.4. The van der Waals surface area contributed by atoms with Crippen LogP contribution in [0.4, 0.5) is 4.39 Å². The standard InChI is InChI=1S/C26H26ClFN4O4/c27-19-6-8-22-20(14-19)23(33)29-26(36)32(22)15-18-13-17(5-7-21(18)28)25(35)31-11-9-30(10-12-31)24(34)16-3-1-2-4-16/h5-8,13-14,16H,1-4,9-12,15H2,(H,29,33,36). The molecule has 1 aliphatic carbocycles. The van der Waals surface area contributed by atoms with Crippen LogP contribution >= 0.6 is 11.6 Å². The summed E-state index contributed by atoms with van der Waals surface area (Å²) < 4.78 is 16.0. The minimum atomic E-state index is -0.686. The van der Waals surface area contributed by atoms with E-state index in [9.17, 15) is 23.6 Å². The number of H-pyrrole nitrogens is 1. The monoisotopic (exact) mass is 512 g/mol. The van der Waals surface area contributed by atoms with Gasteiger partial charge in [-0.25, -0.2) is 9.18 Å². The van der Waals surface area contributed by atoms with Gasteiger partial charge in [0.15, 0.2) is 0 Å². The minimum absolute atomic E-state index is 0.107. The van der Waals surface area contributed by atoms with Gasteiger partial charge >= 0.3 is 5.69 Å². The molecule has 3 aromatic rings. The highest BCUT2D eigenvalue weighted by atomic mass is 35.5. The van der Waals surface area contributed by atoms with Crippen LogP contribution in [-0.4, -0.2) is 57.3 Å². The molecule has 0 bridgehead atoms. The fourth-order valence-electron chi connectivity index (χ4n) is 5.17. The van der Waals surface area contributed by atoms with E-state index in [4.69, 9.17) is 11.6 Å². The Labute approximate surface area is 211 Å². The van der Waals surface area contributed by atoms with Crippen molar-refractivity contribution in [2.24, 2.45) is 5.92 Å². The van der Waals surface area contributed by atoms with Gasteiger partial charge in [-0.15, -0.1) is 0 Å². The lowest BCUT2D eigenvalue weighted by atomic mass is 10.1. The van der Waals surface area contributed by atoms with E-state index in [1.54, 1.807) is 11.0 Å². The van der Waals surface area contributed by atoms with Crippen LogP contribution in [0.5, 0.6) is 0 Å². The summed E-state index contributed by atoms with van der Waals surface area (Å²) in [7, 11) is 0. The number of piperazine rings is 1. The van der Waals surface area contributed by atoms with E-state index in [1.807, 2.05) is 4.90 Å². The second-order valence-electron chi connectivity index (χ2n) is 9.41. The Morgan fingerprint density at radius 2 is 1.67 bits per heavy atom. The molecule has 2 amide bonds. The molecule has 2 fully saturated rings. The molecule has 1 saturated heterocycles. The Morgan fingerprint density at radius 1 is 0.972 bits per heavy atom. The van der Waals surface area contributed by atoms with Crippen LogP contribution in [0.1, 0.15) is 41.6 Å². The van der Waals surface area contributed by atoms with E-state index in [0.29, 0.717) is 42.3 Å². The molecule has 2 heterocycles. The quantitative estimate of drug-likeness (QED) is 0.581. The van der Waals surface area contributed by atoms with Gasteiger partial charge in [-0.1, -0.05) is 24.4 Å². The number of hydrogen-bond donors (Lipinski definition) is 1. The molecule has 10 heteroatoms. The highest BCUT2D eigenvalue weighted by molar-refractivity contribution is 6.31. The Kier molecular flexibility index (Phi) is 6.66. The normalized spacial score (nSPS) is 16.6. The second-order valence-corrected chi connectivity index (χ2v) is 9.85. The zero-order valence-electron chi connectivity index (χ0n) is 19.6. The maximum atomic E-state index is 14.7. The summed E-state index contributed by atoms with van der Waals surface area (Å²) in [5, 5.41) is 0.543. The molecule has 188 valence electrons. The molecule has 0 atom stereocenters. The highest BCUT2D eigenvalue weighted by Gasteiger charge is 2.31. The molecular formula is C26H26ClFN4O4. The van der Waals surface area contributed by atoms with Gasteiger partial charge < -0.3 is 9.80 Å². The zero-order valence-corrected chi connectivity index (χ0v) is 20.4. The first-order valence-corrected chi connectivity index (χ1v) is 12.5. The van der Waals surface area contributed by atoms with Gasteiger partial charge in [-0.05, 0) is 49.2 Å². The molecule has 1 aromatic heterocycles. The topological polar surface area (TPSA) is 95.5 Å². The van der Waals surface area contributed by atoms with Crippen molar-refractivity contribution in [1.29, 1.82) is 0 Å². The lowest BCUT2D eigenvalue weighted by Gasteiger charge is -2.36. The summed E-state index contributed by atoms with van der Waals surface area (Å²) in [5.41, 5.74) is -0.516. The molecule has 8 nitrogen and oxygen atoms in total. The maximum absolute atomic E-state index is 14.7. The zero-order chi connectivity index (χ0) is 25.4. The third-order valence-electron chi connectivity index (χ3n) is 7.16. The van der Waals surface area contributed by atoms with Crippen LogP contribution in [-0.2, 0) is 11.3 Å². The molecule has 0 unspecified atom stereocenters. The Bertz CT molecular complexity index is 1450. The minimum Gasteiger partial charge on any atom is -0.339 e. The number of fused-ring (bicyclic) bond motifs is 1. The predicted octanol–water partition coefficient (Wildman–Crippen LogP) is 3.01. The smallest absolute Gasteiger partial charge is 0.329 e. The lowest BCUT2D eigenvalue weighted by molar-refractivity contribution is -0.136. The first-order chi connectivity index (χ1) is 17.3. The number of nitrogens with zero attached hydrogens (tertiary/aromatic N) is 3. The predicted molar refractivity (Wildman–Crippen MR) is 134 cm³/mol. The summed E-state index contributed by atoms with van der Waals surface area (Å²) in [6.45, 7) is 1.61. The number of nitrogens with one attached hydrogen (secondary N) is 1. The molecular weight excluding hydrogens is 487 g/mol. The largest absolute Gasteiger partial charge is 0.339 e. The molecule has 2 aliphatic rings. The summed E-state index contributed by atoms with van der Waals surface area (Å²) in [6.07, 6.45) is 4.07. The van der Waals surface area contributed by atoms with Crippen LogP contribution in [0.25, 0.3) is 10.9 Å². The van der Waals surface area contributed by atoms with Crippen LogP contribution < -0.4 is 11.2 Å². The Morgan fingerprint density at radius 3 is 2.39 bits per heavy atom. The molecule has 1 aliphatic heterocycles. The maximum Gasteiger partial charge on any atom is 0.329 e. The number of halogens is 2. The van der Waals surface area contributed by atoms with Crippen molar-refractivity contribution in [1.82, 2.24) is 19.4 Å². The molecule has 2 aromatic carbocycles. The Hall–Kier alpha value is -3.46. The number of benzene rings is 2. The van der Waals surface area contributed by atoms with Crippen molar-refractivity contribution in [3.8, 4) is 0 Å². The van der Waals surface area contributed by atoms with E-state index in [-0.39, 0.29) is 35.2 Å². The number of hydrogen-bond acceptors (Lipinski definition) is 4. The summed E-state index contributed by atoms with van der Waals surface area (Å²) in [6, 6.07) is 8.59. The SMILES string of the molecule is O=C(c1ccc(F)c(Cn2c(=O)[nH]c(=O)c3cc(Cl)ccc32)c1)N1CCN(C(=O)C2CCCC2)CC1. The summed E-state index contributed by atoms with van der Waals surface area (Å²) in [5.74, 6) is -0.535. The van der Waals surface area contributed by atoms with Crippen LogP contribution in [0.15, 0.2) is 46.0 Å². The van der Waals surface area contributed by atoms with Gasteiger partial charge in [-0.2, -0.15) is 0 Å². The van der Waals surface area contributed by atoms with Gasteiger partial charge in [0.1, 0.15) is 5.82 Å². The lowest BCUT2D eigenvalue weighted by Crippen LogP contribution is -2.51. The van der Waals surface area contributed by atoms with Gasteiger partial charge in [0.25, 0.3) is 11.5 Å². The van der Waals surface area contributed by atoms with Crippen molar-refractivity contribution >= 4 is 34.3 Å². The van der Waals surface area contributed by atoms with E-state index >= 15 is 0 Å². The highest BCUT2D eigenvalue weighted by Crippen LogP contribution is 2.27. The van der Waals surface area contributed by atoms with Crippen LogP contribution in [0.3, 0.4) is 0 Å². The van der Waals surface area contributed by atoms with Gasteiger partial charge in [-0.3, -0.25) is 23.9 Å². The second kappa shape index (κ2) is 9.89. The number of carbonyl (C=O) groups excluding carboxylic acids is 2. The van der Waals surface area contributed by atoms with E-state index in [1.165, 1.54) is 34.9 Å². The molecule has 36 heavy (non-hydrogen) atoms.